The second-order valence-corrected chi connectivity index (χ2v) is 6.00. The Hall–Kier alpha value is -1.38. The van der Waals surface area contributed by atoms with E-state index in [1.807, 2.05) is 13.0 Å². The smallest absolute Gasteiger partial charge is 0.258 e. The van der Waals surface area contributed by atoms with Gasteiger partial charge in [0.15, 0.2) is 0 Å². The van der Waals surface area contributed by atoms with Gasteiger partial charge in [-0.25, -0.2) is 0 Å². The van der Waals surface area contributed by atoms with Crippen LogP contribution in [0.15, 0.2) is 18.2 Å². The van der Waals surface area contributed by atoms with Crippen molar-refractivity contribution in [3.05, 3.63) is 39.4 Å². The van der Waals surface area contributed by atoms with Gasteiger partial charge in [0.2, 0.25) is 0 Å². The van der Waals surface area contributed by atoms with Crippen LogP contribution in [0.4, 0.5) is 5.69 Å². The highest BCUT2D eigenvalue weighted by Crippen LogP contribution is 2.23. The zero-order valence-electron chi connectivity index (χ0n) is 12.6. The predicted molar refractivity (Wildman–Crippen MR) is 76.9 cm³/mol. The van der Waals surface area contributed by atoms with Gasteiger partial charge in [-0.05, 0) is 30.7 Å². The number of nitrogens with zero attached hydrogens (tertiary/aromatic N) is 1. The summed E-state index contributed by atoms with van der Waals surface area (Å²) in [5.41, 5.74) is 2.40. The van der Waals surface area contributed by atoms with E-state index in [-0.39, 0.29) is 10.6 Å². The minimum absolute atomic E-state index is 0.199. The maximum atomic E-state index is 10.4. The van der Waals surface area contributed by atoms with E-state index < -0.39 is 0 Å². The van der Waals surface area contributed by atoms with Gasteiger partial charge in [-0.15, -0.1) is 0 Å². The van der Waals surface area contributed by atoms with Crippen LogP contribution in [0.2, 0.25) is 0 Å². The minimum atomic E-state index is -0.359. The molecule has 0 aliphatic carbocycles. The first-order valence-electron chi connectivity index (χ1n) is 6.28. The lowest BCUT2D eigenvalue weighted by Gasteiger charge is -2.22. The molecule has 0 radical (unpaired) electrons. The lowest BCUT2D eigenvalue weighted by molar-refractivity contribution is -0.385. The van der Waals surface area contributed by atoms with Gasteiger partial charge >= 0.3 is 0 Å². The Kier molecular flexibility index (Phi) is 6.02. The van der Waals surface area contributed by atoms with Crippen molar-refractivity contribution in [2.75, 3.05) is 0 Å². The van der Waals surface area contributed by atoms with Crippen LogP contribution in [0.3, 0.4) is 0 Å². The van der Waals surface area contributed by atoms with E-state index >= 15 is 0 Å². The van der Waals surface area contributed by atoms with Crippen LogP contribution < -0.4 is 0 Å². The number of nitro benzene ring substituents is 1. The van der Waals surface area contributed by atoms with Crippen LogP contribution in [0.5, 0.6) is 0 Å². The van der Waals surface area contributed by atoms with E-state index in [0.29, 0.717) is 5.41 Å². The van der Waals surface area contributed by atoms with Gasteiger partial charge in [-0.1, -0.05) is 46.8 Å². The largest absolute Gasteiger partial charge is 0.272 e. The van der Waals surface area contributed by atoms with Crippen molar-refractivity contribution in [3.63, 3.8) is 0 Å². The van der Waals surface area contributed by atoms with E-state index in [2.05, 4.69) is 34.6 Å². The summed E-state index contributed by atoms with van der Waals surface area (Å²) in [7, 11) is 0. The molecule has 18 heavy (non-hydrogen) atoms. The van der Waals surface area contributed by atoms with Gasteiger partial charge in [0.25, 0.3) is 5.69 Å². The highest BCUT2D eigenvalue weighted by Gasteiger charge is 2.13. The van der Waals surface area contributed by atoms with Crippen LogP contribution in [0.25, 0.3) is 0 Å². The molecule has 0 unspecified atom stereocenters. The van der Waals surface area contributed by atoms with Crippen molar-refractivity contribution >= 4 is 5.69 Å². The quantitative estimate of drug-likeness (QED) is 0.526. The van der Waals surface area contributed by atoms with Crippen molar-refractivity contribution in [1.29, 1.82) is 0 Å². The molecule has 0 saturated carbocycles. The molecule has 102 valence electrons. The Bertz CT molecular complexity index is 403. The molecule has 0 saturated heterocycles. The van der Waals surface area contributed by atoms with E-state index in [0.717, 1.165) is 17.0 Å². The summed E-state index contributed by atoms with van der Waals surface area (Å²) in [5.74, 6) is 0.799. The Morgan fingerprint density at radius 2 is 1.61 bits per heavy atom. The fourth-order valence-electron chi connectivity index (χ4n) is 0.933. The average Bonchev–Trinajstić information content (AvgIpc) is 2.21. The standard InChI is InChI=1S/C8H9NO2.C7H16/c1-6-4-3-5-8(7(6)2)9(10)11;1-6(2)7(3,4)5/h3-5H,1-2H3;6H,1-5H3. The number of benzene rings is 1. The first-order chi connectivity index (χ1) is 8.07. The summed E-state index contributed by atoms with van der Waals surface area (Å²) in [4.78, 5) is 10.0. The third kappa shape index (κ3) is 5.30. The maximum absolute atomic E-state index is 10.4. The Labute approximate surface area is 110 Å². The van der Waals surface area contributed by atoms with E-state index in [1.165, 1.54) is 6.07 Å². The summed E-state index contributed by atoms with van der Waals surface area (Å²) in [6.07, 6.45) is 0. The van der Waals surface area contributed by atoms with Gasteiger partial charge < -0.3 is 0 Å². The van der Waals surface area contributed by atoms with Crippen LogP contribution in [0.1, 0.15) is 45.7 Å². The number of hydrogen-bond acceptors (Lipinski definition) is 2. The van der Waals surface area contributed by atoms with Crippen molar-refractivity contribution in [2.24, 2.45) is 11.3 Å². The van der Waals surface area contributed by atoms with E-state index in [9.17, 15) is 10.1 Å². The lowest BCUT2D eigenvalue weighted by Crippen LogP contribution is -2.12. The molecule has 1 rings (SSSR count). The van der Waals surface area contributed by atoms with E-state index in [4.69, 9.17) is 0 Å². The van der Waals surface area contributed by atoms with Crippen molar-refractivity contribution in [1.82, 2.24) is 0 Å². The summed E-state index contributed by atoms with van der Waals surface area (Å²) in [6.45, 7) is 14.9. The maximum Gasteiger partial charge on any atom is 0.272 e. The third-order valence-corrected chi connectivity index (χ3v) is 3.50. The summed E-state index contributed by atoms with van der Waals surface area (Å²) < 4.78 is 0. The minimum Gasteiger partial charge on any atom is -0.258 e. The lowest BCUT2D eigenvalue weighted by atomic mass is 9.84. The summed E-state index contributed by atoms with van der Waals surface area (Å²) in [6, 6.07) is 5.07. The second-order valence-electron chi connectivity index (χ2n) is 6.00. The fourth-order valence-corrected chi connectivity index (χ4v) is 0.933. The molecule has 1 aromatic rings. The van der Waals surface area contributed by atoms with Crippen LogP contribution >= 0.6 is 0 Å². The molecule has 0 fully saturated rings. The molecule has 0 aliphatic rings. The SMILES string of the molecule is CC(C)C(C)(C)C.Cc1cccc([N+](=O)[O-])c1C. The normalized spacial score (nSPS) is 10.9. The number of hydrogen-bond donors (Lipinski definition) is 0. The Morgan fingerprint density at radius 1 is 1.17 bits per heavy atom. The molecule has 0 amide bonds. The Morgan fingerprint density at radius 3 is 1.89 bits per heavy atom. The van der Waals surface area contributed by atoms with Gasteiger partial charge in [-0.3, -0.25) is 10.1 Å². The number of rotatable bonds is 1. The predicted octanol–water partition coefficient (Wildman–Crippen LogP) is 4.90. The molecule has 0 N–H and O–H groups in total. The van der Waals surface area contributed by atoms with Crippen molar-refractivity contribution in [2.45, 2.75) is 48.5 Å². The number of aryl methyl sites for hydroxylation is 1. The summed E-state index contributed by atoms with van der Waals surface area (Å²) in [5, 5.41) is 10.4. The molecule has 0 spiro atoms. The Balaban J connectivity index is 0.000000360. The monoisotopic (exact) mass is 251 g/mol. The van der Waals surface area contributed by atoms with Gasteiger partial charge in [0.1, 0.15) is 0 Å². The second kappa shape index (κ2) is 6.53. The highest BCUT2D eigenvalue weighted by molar-refractivity contribution is 5.43. The zero-order chi connectivity index (χ0) is 14.5. The average molecular weight is 251 g/mol. The first kappa shape index (κ1) is 16.6. The molecule has 0 aliphatic heterocycles. The van der Waals surface area contributed by atoms with Crippen LogP contribution in [0, 0.1) is 35.3 Å². The molecule has 0 bridgehead atoms. The molecule has 1 aromatic carbocycles. The molecule has 0 heterocycles. The first-order valence-corrected chi connectivity index (χ1v) is 6.28. The highest BCUT2D eigenvalue weighted by atomic mass is 16.6. The molecule has 0 aromatic heterocycles. The van der Waals surface area contributed by atoms with Gasteiger partial charge in [-0.2, -0.15) is 0 Å². The molecule has 0 atom stereocenters. The summed E-state index contributed by atoms with van der Waals surface area (Å²) >= 11 is 0. The van der Waals surface area contributed by atoms with Crippen LogP contribution in [-0.4, -0.2) is 4.92 Å². The molecule has 3 nitrogen and oxygen atoms in total. The van der Waals surface area contributed by atoms with Gasteiger partial charge in [0, 0.05) is 11.6 Å². The number of nitro groups is 1. The van der Waals surface area contributed by atoms with Crippen molar-refractivity contribution < 1.29 is 4.92 Å². The van der Waals surface area contributed by atoms with Crippen LogP contribution in [-0.2, 0) is 0 Å². The van der Waals surface area contributed by atoms with E-state index in [1.54, 1.807) is 13.0 Å². The third-order valence-electron chi connectivity index (χ3n) is 3.50. The van der Waals surface area contributed by atoms with Crippen molar-refractivity contribution in [3.8, 4) is 0 Å². The molecule has 3 heteroatoms. The molecular formula is C15H25NO2. The fraction of sp³-hybridized carbons (Fsp3) is 0.600. The zero-order valence-corrected chi connectivity index (χ0v) is 12.6. The topological polar surface area (TPSA) is 43.1 Å². The molecular weight excluding hydrogens is 226 g/mol. The van der Waals surface area contributed by atoms with Gasteiger partial charge in [0.05, 0.1) is 4.92 Å².